The van der Waals surface area contributed by atoms with Crippen molar-refractivity contribution in [3.05, 3.63) is 90.0 Å². The Balaban J connectivity index is 1.68. The molecule has 0 aliphatic rings. The van der Waals surface area contributed by atoms with Gasteiger partial charge in [-0.1, -0.05) is 48.5 Å². The monoisotopic (exact) mass is 320 g/mol. The van der Waals surface area contributed by atoms with Gasteiger partial charge < -0.3 is 14.2 Å². The van der Waals surface area contributed by atoms with Gasteiger partial charge in [-0.2, -0.15) is 0 Å². The molecule has 0 radical (unpaired) electrons. The van der Waals surface area contributed by atoms with Gasteiger partial charge in [0.2, 0.25) is 0 Å². The summed E-state index contributed by atoms with van der Waals surface area (Å²) in [6.45, 7) is 0.251. The second-order valence-corrected chi connectivity index (χ2v) is 5.39. The van der Waals surface area contributed by atoms with Gasteiger partial charge in [-0.15, -0.1) is 0 Å². The van der Waals surface area contributed by atoms with Crippen LogP contribution in [0.25, 0.3) is 0 Å². The fraction of sp³-hybridized carbons (Fsp3) is 0.143. The molecule has 0 amide bonds. The molecule has 3 aromatic carbocycles. The Labute approximate surface area is 142 Å². The van der Waals surface area contributed by atoms with Gasteiger partial charge in [-0.3, -0.25) is 0 Å². The Kier molecular flexibility index (Phi) is 5.48. The zero-order valence-electron chi connectivity index (χ0n) is 13.6. The molecule has 0 atom stereocenters. The largest absolute Gasteiger partial charge is 0.467 e. The van der Waals surface area contributed by atoms with Crippen LogP contribution in [-0.4, -0.2) is 13.9 Å². The Morgan fingerprint density at radius 2 is 1.38 bits per heavy atom. The first-order chi connectivity index (χ1) is 11.8. The minimum absolute atomic E-state index is 0.251. The highest BCUT2D eigenvalue weighted by Crippen LogP contribution is 2.24. The van der Waals surface area contributed by atoms with E-state index >= 15 is 0 Å². The zero-order chi connectivity index (χ0) is 16.6. The van der Waals surface area contributed by atoms with E-state index in [0.29, 0.717) is 0 Å². The third-order valence-corrected chi connectivity index (χ3v) is 3.60. The average molecular weight is 320 g/mol. The maximum absolute atomic E-state index is 5.82. The third-order valence-electron chi connectivity index (χ3n) is 3.60. The highest BCUT2D eigenvalue weighted by Gasteiger charge is 2.05. The molecule has 0 saturated heterocycles. The van der Waals surface area contributed by atoms with Crippen LogP contribution in [0, 0.1) is 0 Å². The Bertz CT molecular complexity index is 752. The second kappa shape index (κ2) is 8.18. The van der Waals surface area contributed by atoms with Crippen LogP contribution in [0.3, 0.4) is 0 Å². The van der Waals surface area contributed by atoms with Crippen LogP contribution in [0.1, 0.15) is 11.1 Å². The molecule has 0 heterocycles. The second-order valence-electron chi connectivity index (χ2n) is 5.39. The highest BCUT2D eigenvalue weighted by atomic mass is 16.7. The molecule has 3 heteroatoms. The number of ether oxygens (including phenoxy) is 3. The predicted octanol–water partition coefficient (Wildman–Crippen LogP) is 5.05. The lowest BCUT2D eigenvalue weighted by molar-refractivity contribution is 0.0505. The quantitative estimate of drug-likeness (QED) is 0.570. The topological polar surface area (TPSA) is 27.7 Å². The molecule has 0 saturated carbocycles. The molecular formula is C21H20O3. The van der Waals surface area contributed by atoms with Gasteiger partial charge in [-0.25, -0.2) is 0 Å². The molecule has 0 aromatic heterocycles. The van der Waals surface area contributed by atoms with E-state index in [1.54, 1.807) is 7.11 Å². The number of rotatable bonds is 7. The van der Waals surface area contributed by atoms with E-state index in [0.717, 1.165) is 29.2 Å². The number of benzene rings is 3. The summed E-state index contributed by atoms with van der Waals surface area (Å²) in [5.74, 6) is 2.52. The van der Waals surface area contributed by atoms with Crippen molar-refractivity contribution >= 4 is 0 Å². The Morgan fingerprint density at radius 3 is 2.12 bits per heavy atom. The van der Waals surface area contributed by atoms with E-state index in [-0.39, 0.29) is 6.79 Å². The lowest BCUT2D eigenvalue weighted by Crippen LogP contribution is -2.02. The summed E-state index contributed by atoms with van der Waals surface area (Å²) in [4.78, 5) is 0. The summed E-state index contributed by atoms with van der Waals surface area (Å²) >= 11 is 0. The van der Waals surface area contributed by atoms with Gasteiger partial charge in [0, 0.05) is 13.5 Å². The first-order valence-corrected chi connectivity index (χ1v) is 7.86. The van der Waals surface area contributed by atoms with E-state index in [1.807, 2.05) is 60.7 Å². The number of methoxy groups -OCH3 is 1. The van der Waals surface area contributed by atoms with Crippen LogP contribution >= 0.6 is 0 Å². The van der Waals surface area contributed by atoms with Crippen molar-refractivity contribution in [3.8, 4) is 17.2 Å². The van der Waals surface area contributed by atoms with Crippen molar-refractivity contribution in [2.75, 3.05) is 13.9 Å². The molecule has 0 unspecified atom stereocenters. The first-order valence-electron chi connectivity index (χ1n) is 7.86. The van der Waals surface area contributed by atoms with Crippen molar-refractivity contribution in [1.29, 1.82) is 0 Å². The summed E-state index contributed by atoms with van der Waals surface area (Å²) in [6, 6.07) is 25.9. The van der Waals surface area contributed by atoms with Gasteiger partial charge in [0.15, 0.2) is 6.79 Å². The van der Waals surface area contributed by atoms with Crippen LogP contribution < -0.4 is 9.47 Å². The van der Waals surface area contributed by atoms with Crippen molar-refractivity contribution < 1.29 is 14.2 Å². The van der Waals surface area contributed by atoms with E-state index in [9.17, 15) is 0 Å². The van der Waals surface area contributed by atoms with Gasteiger partial charge in [0.25, 0.3) is 0 Å². The fourth-order valence-corrected chi connectivity index (χ4v) is 2.43. The molecule has 3 aromatic rings. The van der Waals surface area contributed by atoms with Crippen molar-refractivity contribution in [1.82, 2.24) is 0 Å². The standard InChI is InChI=1S/C21H20O3/c1-22-16-23-21-10-6-5-7-18(21)15-17-11-13-20(14-12-17)24-19-8-3-2-4-9-19/h2-14H,15-16H2,1H3. The summed E-state index contributed by atoms with van der Waals surface area (Å²) in [5, 5.41) is 0. The maximum Gasteiger partial charge on any atom is 0.188 e. The average Bonchev–Trinajstić information content (AvgIpc) is 2.63. The molecule has 24 heavy (non-hydrogen) atoms. The Morgan fingerprint density at radius 1 is 0.708 bits per heavy atom. The number of hydrogen-bond donors (Lipinski definition) is 0. The maximum atomic E-state index is 5.82. The highest BCUT2D eigenvalue weighted by molar-refractivity contribution is 5.39. The minimum Gasteiger partial charge on any atom is -0.467 e. The summed E-state index contributed by atoms with van der Waals surface area (Å²) in [5.41, 5.74) is 2.33. The van der Waals surface area contributed by atoms with Crippen LogP contribution in [-0.2, 0) is 11.2 Å². The van der Waals surface area contributed by atoms with E-state index in [2.05, 4.69) is 18.2 Å². The molecule has 0 bridgehead atoms. The molecule has 0 N–H and O–H groups in total. The van der Waals surface area contributed by atoms with Crippen LogP contribution in [0.15, 0.2) is 78.9 Å². The molecule has 3 nitrogen and oxygen atoms in total. The normalized spacial score (nSPS) is 10.4. The number of hydrogen-bond acceptors (Lipinski definition) is 3. The number of para-hydroxylation sites is 2. The first kappa shape index (κ1) is 16.1. The molecule has 0 aliphatic carbocycles. The van der Waals surface area contributed by atoms with Gasteiger partial charge in [-0.05, 0) is 41.5 Å². The smallest absolute Gasteiger partial charge is 0.188 e. The lowest BCUT2D eigenvalue weighted by Gasteiger charge is -2.11. The summed E-state index contributed by atoms with van der Waals surface area (Å²) in [6.07, 6.45) is 0.797. The minimum atomic E-state index is 0.251. The Hall–Kier alpha value is -2.78. The fourth-order valence-electron chi connectivity index (χ4n) is 2.43. The third kappa shape index (κ3) is 4.37. The molecule has 122 valence electrons. The molecule has 0 aliphatic heterocycles. The van der Waals surface area contributed by atoms with Crippen molar-refractivity contribution in [2.24, 2.45) is 0 Å². The van der Waals surface area contributed by atoms with Crippen LogP contribution in [0.4, 0.5) is 0 Å². The van der Waals surface area contributed by atoms with E-state index in [1.165, 1.54) is 5.56 Å². The van der Waals surface area contributed by atoms with E-state index in [4.69, 9.17) is 14.2 Å². The summed E-state index contributed by atoms with van der Waals surface area (Å²) in [7, 11) is 1.62. The zero-order valence-corrected chi connectivity index (χ0v) is 13.6. The van der Waals surface area contributed by atoms with Crippen molar-refractivity contribution in [3.63, 3.8) is 0 Å². The van der Waals surface area contributed by atoms with Gasteiger partial charge >= 0.3 is 0 Å². The van der Waals surface area contributed by atoms with Crippen LogP contribution in [0.2, 0.25) is 0 Å². The summed E-state index contributed by atoms with van der Waals surface area (Å²) < 4.78 is 16.4. The molecule has 0 fully saturated rings. The van der Waals surface area contributed by atoms with Crippen molar-refractivity contribution in [2.45, 2.75) is 6.42 Å². The SMILES string of the molecule is COCOc1ccccc1Cc1ccc(Oc2ccccc2)cc1. The van der Waals surface area contributed by atoms with Crippen LogP contribution in [0.5, 0.6) is 17.2 Å². The molecule has 3 rings (SSSR count). The lowest BCUT2D eigenvalue weighted by atomic mass is 10.0. The van der Waals surface area contributed by atoms with Gasteiger partial charge in [0.05, 0.1) is 0 Å². The van der Waals surface area contributed by atoms with Gasteiger partial charge in [0.1, 0.15) is 17.2 Å². The molecular weight excluding hydrogens is 300 g/mol. The molecule has 0 spiro atoms. The predicted molar refractivity (Wildman–Crippen MR) is 94.7 cm³/mol. The van der Waals surface area contributed by atoms with E-state index < -0.39 is 0 Å².